The van der Waals surface area contributed by atoms with Gasteiger partial charge in [-0.15, -0.1) is 5.10 Å². The largest absolute Gasteiger partial charge is 0.489 e. The highest BCUT2D eigenvalue weighted by Gasteiger charge is 2.33. The van der Waals surface area contributed by atoms with E-state index in [1.54, 1.807) is 0 Å². The molecule has 2 heterocycles. The number of aryl methyl sites for hydroxylation is 2. The molecular formula is C36H38N6O. The van der Waals surface area contributed by atoms with E-state index in [1.165, 1.54) is 5.56 Å². The van der Waals surface area contributed by atoms with E-state index in [9.17, 15) is 0 Å². The van der Waals surface area contributed by atoms with Crippen LogP contribution in [0.5, 0.6) is 5.75 Å². The molecule has 1 aromatic heterocycles. The van der Waals surface area contributed by atoms with Crippen molar-refractivity contribution in [3.63, 3.8) is 0 Å². The van der Waals surface area contributed by atoms with Crippen LogP contribution in [-0.4, -0.2) is 62.7 Å². The van der Waals surface area contributed by atoms with Gasteiger partial charge in [0.1, 0.15) is 18.4 Å². The zero-order valence-electron chi connectivity index (χ0n) is 24.9. The predicted octanol–water partition coefficient (Wildman–Crippen LogP) is 6.28. The molecule has 4 aromatic carbocycles. The third kappa shape index (κ3) is 6.74. The normalized spacial score (nSPS) is 15.1. The van der Waals surface area contributed by atoms with Crippen molar-refractivity contribution < 1.29 is 4.74 Å². The van der Waals surface area contributed by atoms with Crippen LogP contribution in [0.4, 0.5) is 0 Å². The summed E-state index contributed by atoms with van der Waals surface area (Å²) in [6.45, 7) is 9.31. The van der Waals surface area contributed by atoms with E-state index in [1.807, 2.05) is 28.9 Å². The van der Waals surface area contributed by atoms with E-state index in [2.05, 4.69) is 130 Å². The van der Waals surface area contributed by atoms with E-state index < -0.39 is 0 Å². The first-order valence-corrected chi connectivity index (χ1v) is 15.0. The van der Waals surface area contributed by atoms with Crippen molar-refractivity contribution in [2.24, 2.45) is 0 Å². The fourth-order valence-corrected chi connectivity index (χ4v) is 5.84. The Kier molecular flexibility index (Phi) is 9.02. The number of piperazine rings is 1. The van der Waals surface area contributed by atoms with Gasteiger partial charge in [-0.25, -0.2) is 0 Å². The third-order valence-electron chi connectivity index (χ3n) is 8.09. The van der Waals surface area contributed by atoms with Crippen molar-refractivity contribution in [2.75, 3.05) is 32.7 Å². The Morgan fingerprint density at radius 1 is 0.767 bits per heavy atom. The Labute approximate surface area is 254 Å². The molecule has 0 spiro atoms. The second-order valence-corrected chi connectivity index (χ2v) is 11.1. The molecule has 5 aromatic rings. The molecule has 0 radical (unpaired) electrons. The Hall–Kier alpha value is -4.59. The van der Waals surface area contributed by atoms with Crippen molar-refractivity contribution in [3.8, 4) is 11.4 Å². The number of benzene rings is 4. The number of nitrogens with zero attached hydrogens (tertiary/aromatic N) is 6. The molecule has 0 bridgehead atoms. The van der Waals surface area contributed by atoms with Gasteiger partial charge in [0.15, 0.2) is 5.82 Å². The van der Waals surface area contributed by atoms with Crippen LogP contribution in [0, 0.1) is 13.8 Å². The molecule has 0 saturated carbocycles. The number of aromatic nitrogens is 4. The van der Waals surface area contributed by atoms with Crippen molar-refractivity contribution >= 4 is 6.08 Å². The number of ether oxygens (including phenoxy) is 1. The molecule has 0 aliphatic carbocycles. The molecule has 6 rings (SSSR count). The molecule has 0 amide bonds. The molecule has 1 saturated heterocycles. The lowest BCUT2D eigenvalue weighted by Crippen LogP contribution is -2.48. The predicted molar refractivity (Wildman–Crippen MR) is 171 cm³/mol. The van der Waals surface area contributed by atoms with Gasteiger partial charge in [-0.1, -0.05) is 109 Å². The van der Waals surface area contributed by atoms with Crippen molar-refractivity contribution in [2.45, 2.75) is 26.5 Å². The summed E-state index contributed by atoms with van der Waals surface area (Å²) in [6.07, 6.45) is 4.46. The SMILES string of the molecule is Cc1cccc(C)c1-n1nnnc1C(c1ccccc1OCc1ccccc1)N1CCN(CC=Cc2ccccc2)CC1. The summed E-state index contributed by atoms with van der Waals surface area (Å²) in [4.78, 5) is 5.00. The van der Waals surface area contributed by atoms with Crippen molar-refractivity contribution in [1.29, 1.82) is 0 Å². The maximum Gasteiger partial charge on any atom is 0.178 e. The Morgan fingerprint density at radius 2 is 1.44 bits per heavy atom. The average Bonchev–Trinajstić information content (AvgIpc) is 3.51. The van der Waals surface area contributed by atoms with Gasteiger partial charge < -0.3 is 4.74 Å². The van der Waals surface area contributed by atoms with Gasteiger partial charge in [-0.05, 0) is 52.6 Å². The summed E-state index contributed by atoms with van der Waals surface area (Å²) in [6, 6.07) is 35.2. The minimum Gasteiger partial charge on any atom is -0.489 e. The third-order valence-corrected chi connectivity index (χ3v) is 8.09. The Bertz CT molecular complexity index is 1620. The molecule has 1 fully saturated rings. The fraction of sp³-hybridized carbons (Fsp3) is 0.250. The first kappa shape index (κ1) is 28.5. The van der Waals surface area contributed by atoms with Gasteiger partial charge in [-0.3, -0.25) is 9.80 Å². The Morgan fingerprint density at radius 3 is 2.19 bits per heavy atom. The van der Waals surface area contributed by atoms with Crippen LogP contribution in [0.1, 0.15) is 39.7 Å². The fourth-order valence-electron chi connectivity index (χ4n) is 5.84. The van der Waals surface area contributed by atoms with Crippen LogP contribution < -0.4 is 4.74 Å². The smallest absolute Gasteiger partial charge is 0.178 e. The van der Waals surface area contributed by atoms with Crippen LogP contribution in [0.15, 0.2) is 109 Å². The van der Waals surface area contributed by atoms with Crippen LogP contribution in [0.3, 0.4) is 0 Å². The number of tetrazole rings is 1. The summed E-state index contributed by atoms with van der Waals surface area (Å²) in [5.74, 6) is 1.64. The first-order valence-electron chi connectivity index (χ1n) is 15.0. The molecule has 218 valence electrons. The second-order valence-electron chi connectivity index (χ2n) is 11.1. The van der Waals surface area contributed by atoms with Crippen LogP contribution in [0.25, 0.3) is 11.8 Å². The zero-order chi connectivity index (χ0) is 29.4. The summed E-state index contributed by atoms with van der Waals surface area (Å²) >= 11 is 0. The van der Waals surface area contributed by atoms with E-state index in [4.69, 9.17) is 4.74 Å². The highest BCUT2D eigenvalue weighted by atomic mass is 16.5. The molecule has 1 aliphatic heterocycles. The highest BCUT2D eigenvalue weighted by Crippen LogP contribution is 2.36. The van der Waals surface area contributed by atoms with Gasteiger partial charge in [0.25, 0.3) is 0 Å². The molecule has 1 unspecified atom stereocenters. The molecule has 7 heteroatoms. The quantitative estimate of drug-likeness (QED) is 0.197. The first-order chi connectivity index (χ1) is 21.2. The van der Waals surface area contributed by atoms with Gasteiger partial charge in [0, 0.05) is 38.3 Å². The van der Waals surface area contributed by atoms with E-state index >= 15 is 0 Å². The maximum absolute atomic E-state index is 6.48. The molecule has 0 N–H and O–H groups in total. The van der Waals surface area contributed by atoms with Gasteiger partial charge in [0.05, 0.1) is 5.69 Å². The number of hydrogen-bond donors (Lipinski definition) is 0. The molecule has 43 heavy (non-hydrogen) atoms. The van der Waals surface area contributed by atoms with E-state index in [-0.39, 0.29) is 6.04 Å². The van der Waals surface area contributed by atoms with E-state index in [0.29, 0.717) is 6.61 Å². The maximum atomic E-state index is 6.48. The Balaban J connectivity index is 1.30. The summed E-state index contributed by atoms with van der Waals surface area (Å²) in [5, 5.41) is 13.4. The second kappa shape index (κ2) is 13.6. The summed E-state index contributed by atoms with van der Waals surface area (Å²) in [7, 11) is 0. The molecule has 7 nitrogen and oxygen atoms in total. The van der Waals surface area contributed by atoms with Gasteiger partial charge in [0.2, 0.25) is 0 Å². The average molecular weight is 571 g/mol. The molecular weight excluding hydrogens is 532 g/mol. The van der Waals surface area contributed by atoms with Crippen LogP contribution in [-0.2, 0) is 6.61 Å². The zero-order valence-corrected chi connectivity index (χ0v) is 24.9. The summed E-state index contributed by atoms with van der Waals surface area (Å²) in [5.41, 5.74) is 6.72. The lowest BCUT2D eigenvalue weighted by molar-refractivity contribution is 0.112. The minimum atomic E-state index is -0.178. The van der Waals surface area contributed by atoms with Crippen LogP contribution >= 0.6 is 0 Å². The standard InChI is InChI=1S/C36H38N6O/c1-28-13-11-14-29(2)34(28)42-36(37-38-39-42)35(32-20-9-10-21-33(32)43-27-31-17-7-4-8-18-31)41-25-23-40(24-26-41)22-12-19-30-15-5-3-6-16-30/h3-21,35H,22-27H2,1-2H3. The summed E-state index contributed by atoms with van der Waals surface area (Å²) < 4.78 is 8.41. The molecule has 1 aliphatic rings. The monoisotopic (exact) mass is 570 g/mol. The van der Waals surface area contributed by atoms with Crippen molar-refractivity contribution in [1.82, 2.24) is 30.0 Å². The lowest BCUT2D eigenvalue weighted by atomic mass is 10.0. The topological polar surface area (TPSA) is 59.3 Å². The number of rotatable bonds is 10. The lowest BCUT2D eigenvalue weighted by Gasteiger charge is -2.39. The van der Waals surface area contributed by atoms with Crippen molar-refractivity contribution in [3.05, 3.63) is 143 Å². The van der Waals surface area contributed by atoms with E-state index in [0.717, 1.165) is 72.2 Å². The van der Waals surface area contributed by atoms with Gasteiger partial charge in [-0.2, -0.15) is 4.68 Å². The number of para-hydroxylation sites is 2. The number of hydrogen-bond acceptors (Lipinski definition) is 6. The molecule has 1 atom stereocenters. The highest BCUT2D eigenvalue weighted by molar-refractivity contribution is 5.49. The minimum absolute atomic E-state index is 0.178. The van der Waals surface area contributed by atoms with Gasteiger partial charge >= 0.3 is 0 Å². The van der Waals surface area contributed by atoms with Crippen LogP contribution in [0.2, 0.25) is 0 Å².